The van der Waals surface area contributed by atoms with Crippen molar-refractivity contribution in [2.75, 3.05) is 0 Å². The molecule has 0 atom stereocenters. The van der Waals surface area contributed by atoms with Crippen LogP contribution in [0.1, 0.15) is 20.7 Å². The second kappa shape index (κ2) is 6.73. The molecule has 0 saturated carbocycles. The van der Waals surface area contributed by atoms with Crippen LogP contribution in [-0.4, -0.2) is 30.6 Å². The van der Waals surface area contributed by atoms with E-state index in [0.29, 0.717) is 0 Å². The third-order valence-corrected chi connectivity index (χ3v) is 4.68. The quantitative estimate of drug-likeness (QED) is 0.857. The van der Waals surface area contributed by atoms with Crippen LogP contribution in [0.15, 0.2) is 58.3 Å². The molecule has 8 heteroatoms. The molecule has 2 aromatic rings. The summed E-state index contributed by atoms with van der Waals surface area (Å²) in [6, 6.07) is 10.1. The van der Waals surface area contributed by atoms with Crippen molar-refractivity contribution in [1.29, 1.82) is 0 Å². The number of carboxylic acids is 2. The van der Waals surface area contributed by atoms with Crippen molar-refractivity contribution in [3.63, 3.8) is 0 Å². The molecular weight excluding hydrogens is 355 g/mol. The summed E-state index contributed by atoms with van der Waals surface area (Å²) < 4.78 is 25.1. The monoisotopic (exact) mass is 365 g/mol. The van der Waals surface area contributed by atoms with Crippen molar-refractivity contribution < 1.29 is 45.0 Å². The predicted octanol–water partition coefficient (Wildman–Crippen LogP) is 1.91. The Balaban J connectivity index is 0.00000242. The van der Waals surface area contributed by atoms with Crippen LogP contribution in [0.4, 0.5) is 0 Å². The third kappa shape index (κ3) is 3.19. The SMILES string of the molecule is O=C(O)c1ccccc1S(=O)(=O)c1ccccc1C(=O)O.[Co+2]. The summed E-state index contributed by atoms with van der Waals surface area (Å²) in [5.74, 6) is -2.80. The van der Waals surface area contributed by atoms with Gasteiger partial charge in [-0.25, -0.2) is 18.0 Å². The molecule has 0 amide bonds. The Hall–Kier alpha value is -2.16. The molecule has 0 aromatic heterocycles. The fraction of sp³-hybridized carbons (Fsp3) is 0. The molecule has 0 bridgehead atoms. The first-order valence-electron chi connectivity index (χ1n) is 5.75. The first kappa shape index (κ1) is 17.9. The second-order valence-electron chi connectivity index (χ2n) is 4.11. The summed E-state index contributed by atoms with van der Waals surface area (Å²) in [6.07, 6.45) is 0. The summed E-state index contributed by atoms with van der Waals surface area (Å²) >= 11 is 0. The largest absolute Gasteiger partial charge is 2.00 e. The van der Waals surface area contributed by atoms with E-state index in [-0.39, 0.29) is 16.8 Å². The minimum Gasteiger partial charge on any atom is -0.478 e. The van der Waals surface area contributed by atoms with Gasteiger partial charge >= 0.3 is 28.7 Å². The van der Waals surface area contributed by atoms with Gasteiger partial charge in [-0.3, -0.25) is 0 Å². The number of carboxylic acid groups (broad SMARTS) is 2. The van der Waals surface area contributed by atoms with Gasteiger partial charge in [-0.1, -0.05) is 24.3 Å². The van der Waals surface area contributed by atoms with Gasteiger partial charge in [-0.15, -0.1) is 0 Å². The van der Waals surface area contributed by atoms with Gasteiger partial charge in [0.05, 0.1) is 20.9 Å². The summed E-state index contributed by atoms with van der Waals surface area (Å²) in [7, 11) is -4.25. The summed E-state index contributed by atoms with van der Waals surface area (Å²) in [5.41, 5.74) is -0.810. The van der Waals surface area contributed by atoms with Crippen LogP contribution in [0.25, 0.3) is 0 Å². The number of hydrogen-bond acceptors (Lipinski definition) is 4. The van der Waals surface area contributed by atoms with E-state index in [9.17, 15) is 18.0 Å². The number of benzene rings is 2. The van der Waals surface area contributed by atoms with E-state index >= 15 is 0 Å². The summed E-state index contributed by atoms with van der Waals surface area (Å²) in [4.78, 5) is 21.4. The molecule has 0 spiro atoms. The van der Waals surface area contributed by atoms with Gasteiger partial charge < -0.3 is 10.2 Å². The molecule has 22 heavy (non-hydrogen) atoms. The van der Waals surface area contributed by atoms with Gasteiger partial charge in [-0.05, 0) is 24.3 Å². The third-order valence-electron chi connectivity index (χ3n) is 2.81. The smallest absolute Gasteiger partial charge is 0.478 e. The van der Waals surface area contributed by atoms with Crippen LogP contribution in [-0.2, 0) is 26.6 Å². The Morgan fingerprint density at radius 3 is 1.36 bits per heavy atom. The second-order valence-corrected chi connectivity index (χ2v) is 5.99. The molecule has 0 saturated heterocycles. The minimum absolute atomic E-state index is 0. The Morgan fingerprint density at radius 1 is 0.727 bits per heavy atom. The number of aromatic carboxylic acids is 2. The fourth-order valence-electron chi connectivity index (χ4n) is 1.87. The molecule has 0 aliphatic heterocycles. The van der Waals surface area contributed by atoms with E-state index in [2.05, 4.69) is 0 Å². The van der Waals surface area contributed by atoms with Gasteiger partial charge in [0.2, 0.25) is 9.84 Å². The summed E-state index contributed by atoms with van der Waals surface area (Å²) in [5, 5.41) is 18.1. The molecule has 115 valence electrons. The van der Waals surface area contributed by atoms with E-state index in [4.69, 9.17) is 10.2 Å². The molecule has 0 aliphatic carbocycles. The van der Waals surface area contributed by atoms with Crippen LogP contribution < -0.4 is 0 Å². The Bertz CT molecular complexity index is 765. The van der Waals surface area contributed by atoms with Crippen molar-refractivity contribution in [3.8, 4) is 0 Å². The van der Waals surface area contributed by atoms with Gasteiger partial charge in [0.1, 0.15) is 0 Å². The maximum atomic E-state index is 12.6. The van der Waals surface area contributed by atoms with Crippen molar-refractivity contribution in [3.05, 3.63) is 59.7 Å². The van der Waals surface area contributed by atoms with E-state index in [1.807, 2.05) is 0 Å². The zero-order valence-electron chi connectivity index (χ0n) is 10.9. The molecule has 1 radical (unpaired) electrons. The topological polar surface area (TPSA) is 109 Å². The average Bonchev–Trinajstić information content (AvgIpc) is 2.47. The fourth-order valence-corrected chi connectivity index (χ4v) is 3.52. The van der Waals surface area contributed by atoms with Crippen molar-refractivity contribution in [2.45, 2.75) is 9.79 Å². The van der Waals surface area contributed by atoms with E-state index in [0.717, 1.165) is 24.3 Å². The Morgan fingerprint density at radius 2 is 1.05 bits per heavy atom. The van der Waals surface area contributed by atoms with Crippen LogP contribution in [0, 0.1) is 0 Å². The zero-order chi connectivity index (χ0) is 15.6. The standard InChI is InChI=1S/C14H10O6S.Co/c15-13(16)9-5-1-3-7-11(9)21(19,20)12-8-4-2-6-10(12)14(17)18;/h1-8H,(H,15,16)(H,17,18);/q;+2. The van der Waals surface area contributed by atoms with E-state index in [1.165, 1.54) is 24.3 Å². The van der Waals surface area contributed by atoms with Gasteiger partial charge in [0, 0.05) is 0 Å². The molecule has 2 rings (SSSR count). The molecular formula is C14H10CoO6S+2. The van der Waals surface area contributed by atoms with Crippen molar-refractivity contribution >= 4 is 21.8 Å². The maximum absolute atomic E-state index is 12.6. The first-order valence-corrected chi connectivity index (χ1v) is 7.23. The van der Waals surface area contributed by atoms with Gasteiger partial charge in [0.15, 0.2) is 0 Å². The molecule has 2 aromatic carbocycles. The van der Waals surface area contributed by atoms with Crippen LogP contribution in [0.2, 0.25) is 0 Å². The maximum Gasteiger partial charge on any atom is 2.00 e. The average molecular weight is 365 g/mol. The molecule has 0 aliphatic rings. The number of rotatable bonds is 4. The summed E-state index contributed by atoms with van der Waals surface area (Å²) in [6.45, 7) is 0. The van der Waals surface area contributed by atoms with E-state index < -0.39 is 42.7 Å². The Kier molecular flexibility index (Phi) is 5.47. The first-order chi connectivity index (χ1) is 9.85. The van der Waals surface area contributed by atoms with Gasteiger partial charge in [-0.2, -0.15) is 0 Å². The number of sulfone groups is 1. The number of hydrogen-bond donors (Lipinski definition) is 2. The minimum atomic E-state index is -4.25. The van der Waals surface area contributed by atoms with Gasteiger partial charge in [0.25, 0.3) is 0 Å². The van der Waals surface area contributed by atoms with Crippen molar-refractivity contribution in [2.24, 2.45) is 0 Å². The molecule has 6 nitrogen and oxygen atoms in total. The van der Waals surface area contributed by atoms with Crippen LogP contribution >= 0.6 is 0 Å². The molecule has 0 fully saturated rings. The van der Waals surface area contributed by atoms with Crippen LogP contribution in [0.3, 0.4) is 0 Å². The predicted molar refractivity (Wildman–Crippen MR) is 72.3 cm³/mol. The normalized spacial score (nSPS) is 10.5. The van der Waals surface area contributed by atoms with E-state index in [1.54, 1.807) is 0 Å². The Labute approximate surface area is 136 Å². The number of carbonyl (C=O) groups is 2. The molecule has 2 N–H and O–H groups in total. The van der Waals surface area contributed by atoms with Crippen LogP contribution in [0.5, 0.6) is 0 Å². The molecule has 0 heterocycles. The zero-order valence-corrected chi connectivity index (χ0v) is 12.7. The van der Waals surface area contributed by atoms with Crippen molar-refractivity contribution in [1.82, 2.24) is 0 Å². The molecule has 0 unspecified atom stereocenters.